The standard InChI is InChI=1S/C18H19ClN4O/c19-14-3-4-17-16(10-14)18(21-15-2-1-7-20-11-15)22-23(17)12-13-5-8-24-9-6-13/h1-4,7,10-11,13H,5-6,8-9,12H2,(H,21,22). The van der Waals surface area contributed by atoms with Gasteiger partial charge in [-0.15, -0.1) is 0 Å². The summed E-state index contributed by atoms with van der Waals surface area (Å²) < 4.78 is 7.54. The molecule has 24 heavy (non-hydrogen) atoms. The van der Waals surface area contributed by atoms with E-state index in [0.29, 0.717) is 10.9 Å². The molecule has 1 aromatic carbocycles. The fraction of sp³-hybridized carbons (Fsp3) is 0.333. The van der Waals surface area contributed by atoms with E-state index in [4.69, 9.17) is 21.4 Å². The van der Waals surface area contributed by atoms with Crippen LogP contribution >= 0.6 is 11.6 Å². The maximum absolute atomic E-state index is 6.20. The molecule has 0 unspecified atom stereocenters. The fourth-order valence-corrected chi connectivity index (χ4v) is 3.30. The average Bonchev–Trinajstić information content (AvgIpc) is 2.93. The molecule has 0 aliphatic carbocycles. The number of hydrogen-bond acceptors (Lipinski definition) is 4. The van der Waals surface area contributed by atoms with Gasteiger partial charge in [0.25, 0.3) is 0 Å². The van der Waals surface area contributed by atoms with Crippen LogP contribution < -0.4 is 5.32 Å². The second-order valence-electron chi connectivity index (χ2n) is 6.11. The quantitative estimate of drug-likeness (QED) is 0.770. The highest BCUT2D eigenvalue weighted by molar-refractivity contribution is 6.31. The second-order valence-corrected chi connectivity index (χ2v) is 6.55. The number of hydrogen-bond donors (Lipinski definition) is 1. The van der Waals surface area contributed by atoms with Crippen molar-refractivity contribution in [3.8, 4) is 0 Å². The molecule has 1 fully saturated rings. The molecule has 0 atom stereocenters. The van der Waals surface area contributed by atoms with E-state index in [1.54, 1.807) is 12.4 Å². The van der Waals surface area contributed by atoms with Gasteiger partial charge in [-0.1, -0.05) is 11.6 Å². The first-order valence-electron chi connectivity index (χ1n) is 8.20. The number of anilines is 2. The zero-order valence-corrected chi connectivity index (χ0v) is 14.0. The predicted octanol–water partition coefficient (Wildman–Crippen LogP) is 4.25. The zero-order chi connectivity index (χ0) is 16.4. The Kier molecular flexibility index (Phi) is 4.36. The van der Waals surface area contributed by atoms with E-state index in [2.05, 4.69) is 15.0 Å². The maximum Gasteiger partial charge on any atom is 0.160 e. The summed E-state index contributed by atoms with van der Waals surface area (Å²) in [6, 6.07) is 9.79. The van der Waals surface area contributed by atoms with Gasteiger partial charge in [0.2, 0.25) is 0 Å². The Hall–Kier alpha value is -2.11. The van der Waals surface area contributed by atoms with Gasteiger partial charge in [-0.05, 0) is 49.1 Å². The van der Waals surface area contributed by atoms with Crippen LogP contribution in [0.25, 0.3) is 10.9 Å². The first kappa shape index (κ1) is 15.4. The Morgan fingerprint density at radius 2 is 2.12 bits per heavy atom. The van der Waals surface area contributed by atoms with Crippen molar-refractivity contribution in [2.24, 2.45) is 5.92 Å². The molecule has 0 saturated carbocycles. The van der Waals surface area contributed by atoms with Crippen molar-refractivity contribution in [3.05, 3.63) is 47.7 Å². The lowest BCUT2D eigenvalue weighted by atomic mass is 10.0. The van der Waals surface area contributed by atoms with Crippen LogP contribution in [-0.4, -0.2) is 28.0 Å². The minimum absolute atomic E-state index is 0.601. The number of aromatic nitrogens is 3. The third-order valence-electron chi connectivity index (χ3n) is 4.41. The number of fused-ring (bicyclic) bond motifs is 1. The van der Waals surface area contributed by atoms with Crippen molar-refractivity contribution >= 4 is 34.0 Å². The van der Waals surface area contributed by atoms with E-state index < -0.39 is 0 Å². The molecule has 1 N–H and O–H groups in total. The molecule has 5 nitrogen and oxygen atoms in total. The summed E-state index contributed by atoms with van der Waals surface area (Å²) >= 11 is 6.20. The molecule has 1 aliphatic rings. The summed E-state index contributed by atoms with van der Waals surface area (Å²) in [4.78, 5) is 4.14. The van der Waals surface area contributed by atoms with Gasteiger partial charge in [0, 0.05) is 36.4 Å². The molecule has 3 heterocycles. The smallest absolute Gasteiger partial charge is 0.160 e. The molecule has 0 radical (unpaired) electrons. The first-order chi connectivity index (χ1) is 11.8. The molecule has 1 saturated heterocycles. The van der Waals surface area contributed by atoms with E-state index in [0.717, 1.165) is 55.0 Å². The van der Waals surface area contributed by atoms with E-state index in [1.807, 2.05) is 30.3 Å². The number of nitrogens with zero attached hydrogens (tertiary/aromatic N) is 3. The number of ether oxygens (including phenoxy) is 1. The van der Waals surface area contributed by atoms with Gasteiger partial charge in [0.15, 0.2) is 5.82 Å². The lowest BCUT2D eigenvalue weighted by molar-refractivity contribution is 0.0606. The lowest BCUT2D eigenvalue weighted by Crippen LogP contribution is -2.20. The Bertz CT molecular complexity index is 828. The van der Waals surface area contributed by atoms with Crippen molar-refractivity contribution in [1.29, 1.82) is 0 Å². The third kappa shape index (κ3) is 3.23. The highest BCUT2D eigenvalue weighted by Gasteiger charge is 2.18. The Balaban J connectivity index is 1.69. The van der Waals surface area contributed by atoms with Gasteiger partial charge in [0.05, 0.1) is 17.4 Å². The highest BCUT2D eigenvalue weighted by atomic mass is 35.5. The van der Waals surface area contributed by atoms with Crippen molar-refractivity contribution in [2.75, 3.05) is 18.5 Å². The average molecular weight is 343 g/mol. The lowest BCUT2D eigenvalue weighted by Gasteiger charge is -2.22. The van der Waals surface area contributed by atoms with E-state index >= 15 is 0 Å². The summed E-state index contributed by atoms with van der Waals surface area (Å²) in [6.45, 7) is 2.59. The summed E-state index contributed by atoms with van der Waals surface area (Å²) in [5.74, 6) is 1.41. The van der Waals surface area contributed by atoms with Crippen LogP contribution in [0.1, 0.15) is 12.8 Å². The predicted molar refractivity (Wildman–Crippen MR) is 95.8 cm³/mol. The Morgan fingerprint density at radius 3 is 2.92 bits per heavy atom. The number of nitrogens with one attached hydrogen (secondary N) is 1. The molecule has 3 aromatic rings. The van der Waals surface area contributed by atoms with Gasteiger partial charge >= 0.3 is 0 Å². The van der Waals surface area contributed by atoms with E-state index in [-0.39, 0.29) is 0 Å². The van der Waals surface area contributed by atoms with Gasteiger partial charge in [-0.2, -0.15) is 5.10 Å². The van der Waals surface area contributed by atoms with E-state index in [1.165, 1.54) is 0 Å². The van der Waals surface area contributed by atoms with Crippen molar-refractivity contribution < 1.29 is 4.74 Å². The summed E-state index contributed by atoms with van der Waals surface area (Å²) in [5, 5.41) is 9.89. The number of pyridine rings is 1. The summed E-state index contributed by atoms with van der Waals surface area (Å²) in [7, 11) is 0. The van der Waals surface area contributed by atoms with Crippen LogP contribution in [0.5, 0.6) is 0 Å². The molecular formula is C18H19ClN4O. The molecule has 0 bridgehead atoms. The Morgan fingerprint density at radius 1 is 1.25 bits per heavy atom. The minimum atomic E-state index is 0.601. The summed E-state index contributed by atoms with van der Waals surface area (Å²) in [6.07, 6.45) is 5.71. The summed E-state index contributed by atoms with van der Waals surface area (Å²) in [5.41, 5.74) is 2.01. The van der Waals surface area contributed by atoms with Crippen molar-refractivity contribution in [2.45, 2.75) is 19.4 Å². The molecule has 0 amide bonds. The molecule has 124 valence electrons. The number of rotatable bonds is 4. The van der Waals surface area contributed by atoms with Gasteiger partial charge in [-0.3, -0.25) is 9.67 Å². The molecule has 1 aliphatic heterocycles. The molecule has 0 spiro atoms. The second kappa shape index (κ2) is 6.79. The monoisotopic (exact) mass is 342 g/mol. The van der Waals surface area contributed by atoms with Crippen molar-refractivity contribution in [1.82, 2.24) is 14.8 Å². The van der Waals surface area contributed by atoms with Crippen molar-refractivity contribution in [3.63, 3.8) is 0 Å². The fourth-order valence-electron chi connectivity index (χ4n) is 3.13. The topological polar surface area (TPSA) is 52.0 Å². The van der Waals surface area contributed by atoms with Gasteiger partial charge in [-0.25, -0.2) is 0 Å². The van der Waals surface area contributed by atoms with Crippen LogP contribution in [0.2, 0.25) is 5.02 Å². The number of benzene rings is 1. The number of halogens is 1. The minimum Gasteiger partial charge on any atom is -0.381 e. The van der Waals surface area contributed by atoms with Crippen LogP contribution in [0.3, 0.4) is 0 Å². The molecular weight excluding hydrogens is 324 g/mol. The Labute approximate surface area is 145 Å². The maximum atomic E-state index is 6.20. The van der Waals surface area contributed by atoms with Gasteiger partial charge < -0.3 is 10.1 Å². The molecule has 6 heteroatoms. The van der Waals surface area contributed by atoms with Crippen LogP contribution in [0.4, 0.5) is 11.5 Å². The largest absolute Gasteiger partial charge is 0.381 e. The van der Waals surface area contributed by atoms with Crippen LogP contribution in [-0.2, 0) is 11.3 Å². The van der Waals surface area contributed by atoms with Gasteiger partial charge in [0.1, 0.15) is 0 Å². The normalized spacial score (nSPS) is 15.7. The molecule has 4 rings (SSSR count). The van der Waals surface area contributed by atoms with Crippen LogP contribution in [0.15, 0.2) is 42.7 Å². The SMILES string of the molecule is Clc1ccc2c(c1)c(Nc1cccnc1)nn2CC1CCOCC1. The third-order valence-corrected chi connectivity index (χ3v) is 4.64. The zero-order valence-electron chi connectivity index (χ0n) is 13.3. The molecule has 2 aromatic heterocycles. The van der Waals surface area contributed by atoms with Crippen LogP contribution in [0, 0.1) is 5.92 Å². The first-order valence-corrected chi connectivity index (χ1v) is 8.58. The highest BCUT2D eigenvalue weighted by Crippen LogP contribution is 2.29. The van der Waals surface area contributed by atoms with E-state index in [9.17, 15) is 0 Å².